The molecule has 16 heavy (non-hydrogen) atoms. The van der Waals surface area contributed by atoms with Gasteiger partial charge in [0.1, 0.15) is 0 Å². The van der Waals surface area contributed by atoms with Crippen molar-refractivity contribution in [3.05, 3.63) is 47.8 Å². The van der Waals surface area contributed by atoms with E-state index in [1.165, 1.54) is 31.6 Å². The van der Waals surface area contributed by atoms with Crippen molar-refractivity contribution in [1.29, 1.82) is 0 Å². The van der Waals surface area contributed by atoms with Crippen molar-refractivity contribution in [2.45, 2.75) is 0 Å². The molecule has 4 aromatic rings. The number of fused-ring (bicyclic) bond motifs is 5. The fourth-order valence-electron chi connectivity index (χ4n) is 2.33. The zero-order valence-corrected chi connectivity index (χ0v) is 10.1. The second-order valence-electron chi connectivity index (χ2n) is 3.97. The third-order valence-electron chi connectivity index (χ3n) is 3.08. The van der Waals surface area contributed by atoms with Crippen LogP contribution in [0.2, 0.25) is 0 Å². The van der Waals surface area contributed by atoms with Crippen molar-refractivity contribution >= 4 is 52.3 Å². The highest BCUT2D eigenvalue weighted by atomic mass is 32.9. The van der Waals surface area contributed by atoms with Crippen LogP contribution in [0.15, 0.2) is 47.8 Å². The SMILES string of the molecule is c1ccc2c(c1)cc1c2ccc2cssc21. The average molecular weight is 240 g/mol. The first-order valence-corrected chi connectivity index (χ1v) is 7.42. The van der Waals surface area contributed by atoms with Crippen molar-refractivity contribution < 1.29 is 0 Å². The monoisotopic (exact) mass is 240 g/mol. The molecule has 4 rings (SSSR count). The largest absolute Gasteiger partial charge is 0.0874 e. The second-order valence-corrected chi connectivity index (χ2v) is 6.05. The minimum absolute atomic E-state index is 1.35. The maximum absolute atomic E-state index is 2.32. The van der Waals surface area contributed by atoms with Crippen LogP contribution in [-0.4, -0.2) is 0 Å². The lowest BCUT2D eigenvalue weighted by atomic mass is 10.1. The van der Waals surface area contributed by atoms with E-state index in [0.717, 1.165) is 0 Å². The van der Waals surface area contributed by atoms with Gasteiger partial charge in [-0.25, -0.2) is 0 Å². The van der Waals surface area contributed by atoms with E-state index < -0.39 is 0 Å². The van der Waals surface area contributed by atoms with E-state index in [1.807, 2.05) is 20.7 Å². The van der Waals surface area contributed by atoms with E-state index in [2.05, 4.69) is 47.8 Å². The minimum Gasteiger partial charge on any atom is -0.0874 e. The van der Waals surface area contributed by atoms with Crippen LogP contribution in [-0.2, 0) is 0 Å². The quantitative estimate of drug-likeness (QED) is 0.367. The summed E-state index contributed by atoms with van der Waals surface area (Å²) in [5.41, 5.74) is 0. The van der Waals surface area contributed by atoms with Gasteiger partial charge in [0.05, 0.1) is 4.70 Å². The Kier molecular flexibility index (Phi) is 1.67. The predicted molar refractivity (Wildman–Crippen MR) is 74.7 cm³/mol. The Labute approximate surface area is 100 Å². The maximum atomic E-state index is 2.32. The van der Waals surface area contributed by atoms with E-state index >= 15 is 0 Å². The molecule has 0 amide bonds. The molecule has 0 saturated heterocycles. The Morgan fingerprint density at radius 3 is 2.69 bits per heavy atom. The summed E-state index contributed by atoms with van der Waals surface area (Å²) in [6.07, 6.45) is 0. The van der Waals surface area contributed by atoms with Crippen LogP contribution in [0.5, 0.6) is 0 Å². The molecule has 3 aromatic carbocycles. The molecule has 2 heteroatoms. The van der Waals surface area contributed by atoms with E-state index in [1.54, 1.807) is 0 Å². The molecular weight excluding hydrogens is 232 g/mol. The highest BCUT2D eigenvalue weighted by Gasteiger charge is 2.07. The van der Waals surface area contributed by atoms with E-state index in [-0.39, 0.29) is 0 Å². The molecule has 0 atom stereocenters. The molecule has 1 heterocycles. The lowest BCUT2D eigenvalue weighted by molar-refractivity contribution is 1.85. The van der Waals surface area contributed by atoms with Crippen molar-refractivity contribution in [1.82, 2.24) is 0 Å². The van der Waals surface area contributed by atoms with Crippen molar-refractivity contribution in [3.8, 4) is 0 Å². The number of rotatable bonds is 0. The van der Waals surface area contributed by atoms with Crippen molar-refractivity contribution in [2.24, 2.45) is 0 Å². The van der Waals surface area contributed by atoms with Crippen LogP contribution in [0.1, 0.15) is 0 Å². The maximum Gasteiger partial charge on any atom is 0.0536 e. The zero-order chi connectivity index (χ0) is 10.5. The standard InChI is InChI=1S/C14H8S2/c1-2-4-11-9(3-1)7-13-12(11)6-5-10-8-15-16-14(10)13/h1-8H. The minimum atomic E-state index is 1.35. The Morgan fingerprint density at radius 1 is 0.750 bits per heavy atom. The molecule has 0 aliphatic carbocycles. The van der Waals surface area contributed by atoms with Gasteiger partial charge in [0.2, 0.25) is 0 Å². The van der Waals surface area contributed by atoms with Crippen LogP contribution < -0.4 is 0 Å². The van der Waals surface area contributed by atoms with Crippen LogP contribution in [0.3, 0.4) is 0 Å². The summed E-state index contributed by atoms with van der Waals surface area (Å²) in [4.78, 5) is 0. The molecule has 0 nitrogen and oxygen atoms in total. The Balaban J connectivity index is 2.38. The van der Waals surface area contributed by atoms with Crippen LogP contribution in [0, 0.1) is 0 Å². The summed E-state index contributed by atoms with van der Waals surface area (Å²) in [5.74, 6) is 0. The van der Waals surface area contributed by atoms with E-state index in [4.69, 9.17) is 0 Å². The van der Waals surface area contributed by atoms with Gasteiger partial charge >= 0.3 is 0 Å². The Hall–Kier alpha value is -1.38. The van der Waals surface area contributed by atoms with Gasteiger partial charge in [0.25, 0.3) is 0 Å². The second kappa shape index (κ2) is 3.06. The lowest BCUT2D eigenvalue weighted by Crippen LogP contribution is -1.65. The summed E-state index contributed by atoms with van der Waals surface area (Å²) < 4.78 is 1.43. The number of hydrogen-bond acceptors (Lipinski definition) is 2. The molecule has 1 aromatic heterocycles. The zero-order valence-electron chi connectivity index (χ0n) is 8.44. The molecule has 0 saturated carbocycles. The average Bonchev–Trinajstić information content (AvgIpc) is 2.92. The Morgan fingerprint density at radius 2 is 1.69 bits per heavy atom. The molecule has 0 spiro atoms. The summed E-state index contributed by atoms with van der Waals surface area (Å²) in [5, 5.41) is 9.12. The summed E-state index contributed by atoms with van der Waals surface area (Å²) in [6, 6.07) is 15.4. The van der Waals surface area contributed by atoms with Crippen LogP contribution in [0.4, 0.5) is 0 Å². The molecular formula is C14H8S2. The van der Waals surface area contributed by atoms with Gasteiger partial charge in [-0.05, 0) is 22.2 Å². The molecule has 76 valence electrons. The first-order chi connectivity index (χ1) is 7.93. The fraction of sp³-hybridized carbons (Fsp3) is 0. The fourth-order valence-corrected chi connectivity index (χ4v) is 4.63. The summed E-state index contributed by atoms with van der Waals surface area (Å²) >= 11 is 0. The molecule has 0 bridgehead atoms. The lowest BCUT2D eigenvalue weighted by Gasteiger charge is -1.93. The van der Waals surface area contributed by atoms with Crippen molar-refractivity contribution in [2.75, 3.05) is 0 Å². The number of hydrogen-bond donors (Lipinski definition) is 0. The molecule has 0 aliphatic rings. The molecule has 0 aliphatic heterocycles. The van der Waals surface area contributed by atoms with Gasteiger partial charge in [0, 0.05) is 16.2 Å². The first kappa shape index (κ1) is 8.74. The Bertz CT molecular complexity index is 805. The molecule has 0 N–H and O–H groups in total. The predicted octanol–water partition coefficient (Wildman–Crippen LogP) is 5.27. The van der Waals surface area contributed by atoms with Crippen LogP contribution >= 0.6 is 20.7 Å². The highest BCUT2D eigenvalue weighted by Crippen LogP contribution is 2.37. The summed E-state index contributed by atoms with van der Waals surface area (Å²) in [6.45, 7) is 0. The first-order valence-electron chi connectivity index (χ1n) is 5.21. The normalized spacial score (nSPS) is 11.8. The third kappa shape index (κ3) is 1.03. The third-order valence-corrected chi connectivity index (χ3v) is 5.23. The molecule has 0 fully saturated rings. The van der Waals surface area contributed by atoms with Gasteiger partial charge in [-0.15, -0.1) is 0 Å². The van der Waals surface area contributed by atoms with Crippen LogP contribution in [0.25, 0.3) is 31.6 Å². The molecule has 0 radical (unpaired) electrons. The smallest absolute Gasteiger partial charge is 0.0536 e. The highest BCUT2D eigenvalue weighted by molar-refractivity contribution is 7.72. The van der Waals surface area contributed by atoms with Gasteiger partial charge in [-0.3, -0.25) is 0 Å². The van der Waals surface area contributed by atoms with E-state index in [0.29, 0.717) is 0 Å². The molecule has 0 unspecified atom stereocenters. The van der Waals surface area contributed by atoms with Crippen molar-refractivity contribution in [3.63, 3.8) is 0 Å². The van der Waals surface area contributed by atoms with Gasteiger partial charge in [-0.2, -0.15) is 0 Å². The topological polar surface area (TPSA) is 0 Å². The van der Waals surface area contributed by atoms with Gasteiger partial charge in [-0.1, -0.05) is 57.1 Å². The number of benzene rings is 2. The van der Waals surface area contributed by atoms with Gasteiger partial charge < -0.3 is 0 Å². The van der Waals surface area contributed by atoms with Gasteiger partial charge in [0.15, 0.2) is 0 Å². The van der Waals surface area contributed by atoms with E-state index in [9.17, 15) is 0 Å². The summed E-state index contributed by atoms with van der Waals surface area (Å²) in [7, 11) is 3.69.